The van der Waals surface area contributed by atoms with Crippen molar-refractivity contribution >= 4 is 27.6 Å². The van der Waals surface area contributed by atoms with Crippen molar-refractivity contribution < 1.29 is 28.0 Å². The molecule has 0 aromatic heterocycles. The third-order valence-corrected chi connectivity index (χ3v) is 5.82. The Morgan fingerprint density at radius 2 is 1.42 bits per heavy atom. The molecule has 31 heavy (non-hydrogen) atoms. The van der Waals surface area contributed by atoms with Gasteiger partial charge in [-0.25, -0.2) is 0 Å². The molecule has 0 fully saturated rings. The number of nitrogens with zero attached hydrogens (tertiary/aromatic N) is 2. The van der Waals surface area contributed by atoms with Crippen LogP contribution in [0.5, 0.6) is 5.75 Å². The van der Waals surface area contributed by atoms with Gasteiger partial charge in [0.15, 0.2) is 5.75 Å². The third kappa shape index (κ3) is 5.20. The lowest BCUT2D eigenvalue weighted by atomic mass is 10.2. The van der Waals surface area contributed by atoms with Crippen LogP contribution in [0.2, 0.25) is 0 Å². The molecule has 3 rings (SSSR count). The summed E-state index contributed by atoms with van der Waals surface area (Å²) in [6.45, 7) is -0.467. The summed E-state index contributed by atoms with van der Waals surface area (Å²) in [7, 11) is -2.79. The highest BCUT2D eigenvalue weighted by Gasteiger charge is 2.28. The minimum absolute atomic E-state index is 0.0929. The lowest BCUT2D eigenvalue weighted by Crippen LogP contribution is -2.34. The number of anilines is 1. The first-order valence-electron chi connectivity index (χ1n) is 9.20. The largest absolute Gasteiger partial charge is 0.480 e. The Morgan fingerprint density at radius 3 is 1.97 bits per heavy atom. The average Bonchev–Trinajstić information content (AvgIpc) is 2.77. The van der Waals surface area contributed by atoms with Crippen molar-refractivity contribution in [1.82, 2.24) is 4.90 Å². The van der Waals surface area contributed by atoms with Crippen molar-refractivity contribution in [3.05, 3.63) is 90.5 Å². The van der Waals surface area contributed by atoms with Gasteiger partial charge in [-0.3, -0.25) is 9.59 Å². The van der Waals surface area contributed by atoms with Crippen LogP contribution < -0.4 is 9.31 Å². The number of carbonyl (C=O) groups is 2. The first kappa shape index (κ1) is 21.8. The Bertz CT molecular complexity index is 1150. The summed E-state index contributed by atoms with van der Waals surface area (Å²) in [6, 6.07) is 22.0. The fourth-order valence-electron chi connectivity index (χ4n) is 2.73. The lowest BCUT2D eigenvalue weighted by Gasteiger charge is -2.24. The summed E-state index contributed by atoms with van der Waals surface area (Å²) in [5.74, 6) is -1.35. The zero-order chi connectivity index (χ0) is 22.4. The molecule has 160 valence electrons. The number of carbonyl (C=O) groups excluding carboxylic acids is 1. The molecule has 3 aromatic carbocycles. The molecule has 0 spiro atoms. The van der Waals surface area contributed by atoms with E-state index in [-0.39, 0.29) is 10.5 Å². The zero-order valence-corrected chi connectivity index (χ0v) is 17.4. The molecule has 0 heterocycles. The minimum atomic E-state index is -4.14. The van der Waals surface area contributed by atoms with E-state index in [4.69, 9.17) is 9.94 Å². The van der Waals surface area contributed by atoms with E-state index in [2.05, 4.69) is 0 Å². The van der Waals surface area contributed by atoms with Crippen molar-refractivity contribution in [1.29, 1.82) is 0 Å². The number of hydrogen-bond acceptors (Lipinski definition) is 5. The lowest BCUT2D eigenvalue weighted by molar-refractivity contribution is -0.137. The molecule has 1 N–H and O–H groups in total. The first-order valence-corrected chi connectivity index (χ1v) is 10.6. The van der Waals surface area contributed by atoms with E-state index < -0.39 is 28.4 Å². The molecule has 1 amide bonds. The number of hydrogen-bond donors (Lipinski definition) is 1. The van der Waals surface area contributed by atoms with Gasteiger partial charge in [0.25, 0.3) is 15.9 Å². The molecule has 3 aromatic rings. The molecule has 8 nitrogen and oxygen atoms in total. The molecule has 0 aliphatic heterocycles. The van der Waals surface area contributed by atoms with Crippen LogP contribution in [-0.2, 0) is 14.8 Å². The van der Waals surface area contributed by atoms with Gasteiger partial charge in [0, 0.05) is 12.6 Å². The topological polar surface area (TPSA) is 104 Å². The van der Waals surface area contributed by atoms with Crippen LogP contribution in [0.1, 0.15) is 10.4 Å². The second-order valence-corrected chi connectivity index (χ2v) is 8.30. The monoisotopic (exact) mass is 440 g/mol. The number of sulfonamides is 1. The Labute approximate surface area is 179 Å². The van der Waals surface area contributed by atoms with E-state index in [9.17, 15) is 18.0 Å². The summed E-state index contributed by atoms with van der Waals surface area (Å²) < 4.78 is 27.5. The quantitative estimate of drug-likeness (QED) is 0.540. The van der Waals surface area contributed by atoms with Crippen LogP contribution >= 0.6 is 0 Å². The minimum Gasteiger partial charge on any atom is -0.480 e. The van der Waals surface area contributed by atoms with Gasteiger partial charge in [-0.1, -0.05) is 40.9 Å². The molecular formula is C22H20N2O6S. The zero-order valence-electron chi connectivity index (χ0n) is 16.6. The van der Waals surface area contributed by atoms with Crippen LogP contribution in [0.25, 0.3) is 0 Å². The van der Waals surface area contributed by atoms with Crippen molar-refractivity contribution in [2.75, 3.05) is 18.1 Å². The molecule has 0 aliphatic carbocycles. The summed E-state index contributed by atoms with van der Waals surface area (Å²) >= 11 is 0. The maximum atomic E-state index is 13.3. The van der Waals surface area contributed by atoms with Crippen LogP contribution in [0.3, 0.4) is 0 Å². The number of rotatable bonds is 8. The van der Waals surface area contributed by atoms with Gasteiger partial charge in [0.05, 0.1) is 10.6 Å². The van der Waals surface area contributed by atoms with E-state index >= 15 is 0 Å². The van der Waals surface area contributed by atoms with Gasteiger partial charge in [-0.15, -0.1) is 0 Å². The number of para-hydroxylation sites is 2. The third-order valence-electron chi connectivity index (χ3n) is 4.24. The van der Waals surface area contributed by atoms with Gasteiger partial charge in [-0.05, 0) is 48.5 Å². The summed E-state index contributed by atoms with van der Waals surface area (Å²) in [5.41, 5.74) is 0.464. The van der Waals surface area contributed by atoms with Crippen LogP contribution in [0, 0.1) is 0 Å². The number of aliphatic carboxylic acids is 1. The predicted molar refractivity (Wildman–Crippen MR) is 114 cm³/mol. The van der Waals surface area contributed by atoms with Gasteiger partial charge in [0.2, 0.25) is 0 Å². The highest BCUT2D eigenvalue weighted by molar-refractivity contribution is 7.92. The van der Waals surface area contributed by atoms with E-state index in [0.29, 0.717) is 11.4 Å². The first-order chi connectivity index (χ1) is 14.8. The predicted octanol–water partition coefficient (Wildman–Crippen LogP) is 3.03. The van der Waals surface area contributed by atoms with Gasteiger partial charge in [0.1, 0.15) is 6.54 Å². The molecule has 0 saturated heterocycles. The molecule has 0 bridgehead atoms. The second kappa shape index (κ2) is 9.31. The van der Waals surface area contributed by atoms with Crippen molar-refractivity contribution in [2.24, 2.45) is 0 Å². The maximum Gasteiger partial charge on any atom is 0.323 e. The fourth-order valence-corrected chi connectivity index (χ4v) is 3.98. The number of carboxylic acids is 1. The summed E-state index contributed by atoms with van der Waals surface area (Å²) in [6.07, 6.45) is 0. The Morgan fingerprint density at radius 1 is 0.871 bits per heavy atom. The molecule has 0 radical (unpaired) electrons. The Balaban J connectivity index is 1.92. The number of likely N-dealkylation sites (N-methyl/N-ethyl adjacent to an activating group) is 1. The van der Waals surface area contributed by atoms with Crippen LogP contribution in [0.15, 0.2) is 89.8 Å². The van der Waals surface area contributed by atoms with Crippen LogP contribution in [-0.4, -0.2) is 43.9 Å². The fraction of sp³-hybridized carbons (Fsp3) is 0.0909. The van der Waals surface area contributed by atoms with Gasteiger partial charge in [-0.2, -0.15) is 8.42 Å². The SMILES string of the molecule is CN(CC(=O)O)C(=O)c1ccc(S(=O)(=O)N(Oc2ccccc2)c2ccccc2)cc1. The smallest absolute Gasteiger partial charge is 0.323 e. The van der Waals surface area contributed by atoms with Crippen molar-refractivity contribution in [2.45, 2.75) is 4.90 Å². The Kier molecular flexibility index (Phi) is 6.56. The summed E-state index contributed by atoms with van der Waals surface area (Å²) in [4.78, 5) is 29.7. The standard InChI is InChI=1S/C22H20N2O6S/c1-23(16-21(25)26)22(27)17-12-14-20(15-13-17)31(28,29)24(18-8-4-2-5-9-18)30-19-10-6-3-7-11-19/h2-15H,16H2,1H3,(H,25,26). The molecule has 0 unspecified atom stereocenters. The highest BCUT2D eigenvalue weighted by Crippen LogP contribution is 2.26. The Hall–Kier alpha value is -3.85. The highest BCUT2D eigenvalue weighted by atomic mass is 32.2. The average molecular weight is 440 g/mol. The van der Waals surface area contributed by atoms with E-state index in [1.54, 1.807) is 60.7 Å². The molecule has 0 saturated carbocycles. The molecule has 9 heteroatoms. The summed E-state index contributed by atoms with van der Waals surface area (Å²) in [5, 5.41) is 8.83. The number of benzene rings is 3. The second-order valence-electron chi connectivity index (χ2n) is 6.55. The normalized spacial score (nSPS) is 10.9. The van der Waals surface area contributed by atoms with Gasteiger partial charge < -0.3 is 14.8 Å². The van der Waals surface area contributed by atoms with Crippen LogP contribution in [0.4, 0.5) is 5.69 Å². The van der Waals surface area contributed by atoms with Crippen molar-refractivity contribution in [3.63, 3.8) is 0 Å². The number of amides is 1. The molecule has 0 aliphatic rings. The van der Waals surface area contributed by atoms with E-state index in [1.165, 1.54) is 31.3 Å². The van der Waals surface area contributed by atoms with E-state index in [0.717, 1.165) is 9.37 Å². The number of carboxylic acid groups (broad SMARTS) is 1. The van der Waals surface area contributed by atoms with Gasteiger partial charge >= 0.3 is 5.97 Å². The molecular weight excluding hydrogens is 420 g/mol. The van der Waals surface area contributed by atoms with Crippen molar-refractivity contribution in [3.8, 4) is 5.75 Å². The maximum absolute atomic E-state index is 13.3. The molecule has 0 atom stereocenters. The van der Waals surface area contributed by atoms with E-state index in [1.807, 2.05) is 0 Å².